The topological polar surface area (TPSA) is 95.3 Å². The van der Waals surface area contributed by atoms with Gasteiger partial charge in [-0.2, -0.15) is 5.26 Å². The van der Waals surface area contributed by atoms with Gasteiger partial charge in [-0.3, -0.25) is 9.78 Å². The molecule has 0 bridgehead atoms. The Morgan fingerprint density at radius 1 is 1.45 bits per heavy atom. The van der Waals surface area contributed by atoms with Crippen molar-refractivity contribution in [3.8, 4) is 6.07 Å². The van der Waals surface area contributed by atoms with Crippen molar-refractivity contribution >= 4 is 34.4 Å². The Labute approximate surface area is 173 Å². The van der Waals surface area contributed by atoms with Crippen LogP contribution in [0.15, 0.2) is 24.5 Å². The van der Waals surface area contributed by atoms with Crippen LogP contribution >= 0.6 is 11.3 Å². The maximum Gasteiger partial charge on any atom is 0.409 e. The number of aromatic nitrogens is 1. The molecule has 1 atom stereocenters. The van der Waals surface area contributed by atoms with E-state index in [1.807, 2.05) is 13.0 Å². The van der Waals surface area contributed by atoms with Crippen LogP contribution in [0.1, 0.15) is 33.6 Å². The normalized spacial score (nSPS) is 15.4. The molecule has 0 radical (unpaired) electrons. The fourth-order valence-electron chi connectivity index (χ4n) is 3.08. The van der Waals surface area contributed by atoms with Gasteiger partial charge >= 0.3 is 6.09 Å². The van der Waals surface area contributed by atoms with Crippen molar-refractivity contribution in [1.82, 2.24) is 9.88 Å². The van der Waals surface area contributed by atoms with Crippen molar-refractivity contribution < 1.29 is 14.3 Å². The van der Waals surface area contributed by atoms with Crippen molar-refractivity contribution in [3.05, 3.63) is 51.7 Å². The van der Waals surface area contributed by atoms with Gasteiger partial charge in [0.2, 0.25) is 5.91 Å². The number of anilines is 1. The van der Waals surface area contributed by atoms with Gasteiger partial charge in [-0.15, -0.1) is 11.3 Å². The molecule has 1 unspecified atom stereocenters. The molecule has 0 saturated carbocycles. The first kappa shape index (κ1) is 20.6. The van der Waals surface area contributed by atoms with E-state index in [-0.39, 0.29) is 18.1 Å². The molecule has 0 aromatic carbocycles. The number of hydrogen-bond donors (Lipinski definition) is 1. The second-order valence-corrected chi connectivity index (χ2v) is 8.12. The Morgan fingerprint density at radius 3 is 2.93 bits per heavy atom. The smallest absolute Gasteiger partial charge is 0.409 e. The maximum absolute atomic E-state index is 12.4. The first-order valence-electron chi connectivity index (χ1n) is 9.21. The predicted octanol–water partition coefficient (Wildman–Crippen LogP) is 3.53. The lowest BCUT2D eigenvalue weighted by Gasteiger charge is -2.24. The molecule has 8 heteroatoms. The van der Waals surface area contributed by atoms with Crippen LogP contribution in [0.25, 0.3) is 6.08 Å². The predicted molar refractivity (Wildman–Crippen MR) is 112 cm³/mol. The van der Waals surface area contributed by atoms with Crippen molar-refractivity contribution in [2.45, 2.75) is 32.3 Å². The number of thiophene rings is 1. The van der Waals surface area contributed by atoms with E-state index in [2.05, 4.69) is 16.4 Å². The van der Waals surface area contributed by atoms with Gasteiger partial charge in [0.15, 0.2) is 0 Å². The second-order valence-electron chi connectivity index (χ2n) is 7.02. The fourth-order valence-corrected chi connectivity index (χ4v) is 4.35. The summed E-state index contributed by atoms with van der Waals surface area (Å²) in [5.74, 6) is -0.307. The molecule has 0 spiro atoms. The summed E-state index contributed by atoms with van der Waals surface area (Å²) in [6.45, 7) is 1.94. The van der Waals surface area contributed by atoms with Crippen LogP contribution in [-0.2, 0) is 22.4 Å². The van der Waals surface area contributed by atoms with Gasteiger partial charge in [0, 0.05) is 43.9 Å². The number of fused-ring (bicyclic) bond motifs is 1. The molecule has 7 nitrogen and oxygen atoms in total. The fraction of sp³-hybridized carbons (Fsp3) is 0.333. The van der Waals surface area contributed by atoms with Crippen LogP contribution in [0, 0.1) is 18.3 Å². The maximum atomic E-state index is 12.4. The monoisotopic (exact) mass is 410 g/mol. The van der Waals surface area contributed by atoms with E-state index in [1.54, 1.807) is 32.6 Å². The summed E-state index contributed by atoms with van der Waals surface area (Å²) in [6.07, 6.45) is 7.78. The van der Waals surface area contributed by atoms with Gasteiger partial charge in [0.1, 0.15) is 17.2 Å². The number of ether oxygens (including phenoxy) is 1. The number of carbonyl (C=O) groups is 2. The summed E-state index contributed by atoms with van der Waals surface area (Å²) in [7, 11) is 3.29. The molecule has 0 fully saturated rings. The van der Waals surface area contributed by atoms with Gasteiger partial charge in [0.25, 0.3) is 0 Å². The molecule has 1 aliphatic carbocycles. The van der Waals surface area contributed by atoms with E-state index < -0.39 is 0 Å². The highest BCUT2D eigenvalue weighted by Gasteiger charge is 2.28. The molecule has 2 aromatic rings. The van der Waals surface area contributed by atoms with Crippen molar-refractivity contribution in [2.75, 3.05) is 19.4 Å². The molecule has 1 N–H and O–H groups in total. The molecule has 1 aliphatic rings. The average molecular weight is 410 g/mol. The summed E-state index contributed by atoms with van der Waals surface area (Å²) in [5.41, 5.74) is 3.32. The van der Waals surface area contributed by atoms with Crippen LogP contribution in [0.5, 0.6) is 0 Å². The Hall–Kier alpha value is -3.18. The zero-order valence-corrected chi connectivity index (χ0v) is 17.4. The summed E-state index contributed by atoms with van der Waals surface area (Å²) in [6, 6.07) is 4.08. The molecular formula is C21H22N4O3S. The van der Waals surface area contributed by atoms with Gasteiger partial charge in [-0.05, 0) is 48.6 Å². The third-order valence-corrected chi connectivity index (χ3v) is 5.86. The molecule has 0 saturated heterocycles. The van der Waals surface area contributed by atoms with E-state index in [1.165, 1.54) is 22.3 Å². The van der Waals surface area contributed by atoms with Gasteiger partial charge in [0.05, 0.1) is 5.56 Å². The highest BCUT2D eigenvalue weighted by molar-refractivity contribution is 7.16. The Bertz CT molecular complexity index is 1000. The number of rotatable bonds is 4. The van der Waals surface area contributed by atoms with Crippen LogP contribution in [0.3, 0.4) is 0 Å². The number of amides is 2. The van der Waals surface area contributed by atoms with E-state index in [0.717, 1.165) is 21.6 Å². The number of nitrogens with zero attached hydrogens (tertiary/aromatic N) is 3. The Kier molecular flexibility index (Phi) is 6.29. The molecule has 3 rings (SSSR count). The van der Waals surface area contributed by atoms with E-state index in [4.69, 9.17) is 4.74 Å². The van der Waals surface area contributed by atoms with Gasteiger partial charge < -0.3 is 15.0 Å². The zero-order chi connectivity index (χ0) is 21.0. The van der Waals surface area contributed by atoms with Gasteiger partial charge in [-0.1, -0.05) is 0 Å². The quantitative estimate of drug-likeness (QED) is 0.778. The SMILES string of the molecule is Cc1ccncc1C=CC(=O)Nc1sc2c(c1C#N)CCC(OC(=O)N(C)C)C2. The Morgan fingerprint density at radius 2 is 2.24 bits per heavy atom. The summed E-state index contributed by atoms with van der Waals surface area (Å²) < 4.78 is 5.48. The highest BCUT2D eigenvalue weighted by atomic mass is 32.1. The number of aryl methyl sites for hydroxylation is 1. The largest absolute Gasteiger partial charge is 0.446 e. The lowest BCUT2D eigenvalue weighted by atomic mass is 9.94. The van der Waals surface area contributed by atoms with Crippen molar-refractivity contribution in [3.63, 3.8) is 0 Å². The number of hydrogen-bond acceptors (Lipinski definition) is 6. The van der Waals surface area contributed by atoms with E-state index in [0.29, 0.717) is 29.8 Å². The highest BCUT2D eigenvalue weighted by Crippen LogP contribution is 2.38. The molecule has 2 heterocycles. The standard InChI is InChI=1S/C21H22N4O3S/c1-13-8-9-23-12-14(13)4-7-19(26)24-20-17(11-22)16-6-5-15(10-18(16)29-20)28-21(27)25(2)3/h4,7-9,12,15H,5-6,10H2,1-3H3,(H,24,26). The minimum atomic E-state index is -0.375. The lowest BCUT2D eigenvalue weighted by molar-refractivity contribution is -0.111. The summed E-state index contributed by atoms with van der Waals surface area (Å²) in [4.78, 5) is 30.6. The van der Waals surface area contributed by atoms with Crippen LogP contribution < -0.4 is 5.32 Å². The molecule has 29 heavy (non-hydrogen) atoms. The van der Waals surface area contributed by atoms with Crippen molar-refractivity contribution in [1.29, 1.82) is 5.26 Å². The minimum absolute atomic E-state index is 0.223. The average Bonchev–Trinajstić information content (AvgIpc) is 3.03. The first-order valence-corrected chi connectivity index (χ1v) is 10.0. The first-order chi connectivity index (χ1) is 13.9. The van der Waals surface area contributed by atoms with E-state index in [9.17, 15) is 14.9 Å². The summed E-state index contributed by atoms with van der Waals surface area (Å²) >= 11 is 1.37. The number of carbonyl (C=O) groups excluding carboxylic acids is 2. The minimum Gasteiger partial charge on any atom is -0.446 e. The van der Waals surface area contributed by atoms with E-state index >= 15 is 0 Å². The molecule has 2 amide bonds. The van der Waals surface area contributed by atoms with Crippen LogP contribution in [0.4, 0.5) is 9.80 Å². The Balaban J connectivity index is 1.72. The molecular weight excluding hydrogens is 388 g/mol. The molecule has 2 aromatic heterocycles. The van der Waals surface area contributed by atoms with Crippen LogP contribution in [0.2, 0.25) is 0 Å². The number of nitriles is 1. The third-order valence-electron chi connectivity index (χ3n) is 4.70. The zero-order valence-electron chi connectivity index (χ0n) is 16.6. The van der Waals surface area contributed by atoms with Crippen LogP contribution in [-0.4, -0.2) is 42.1 Å². The lowest BCUT2D eigenvalue weighted by Crippen LogP contribution is -2.31. The third kappa shape index (κ3) is 4.81. The van der Waals surface area contributed by atoms with Gasteiger partial charge in [-0.25, -0.2) is 4.79 Å². The van der Waals surface area contributed by atoms with Crippen molar-refractivity contribution in [2.24, 2.45) is 0 Å². The number of nitrogens with one attached hydrogen (secondary N) is 1. The molecule has 0 aliphatic heterocycles. The molecule has 150 valence electrons. The second kappa shape index (κ2) is 8.88. The number of pyridine rings is 1. The summed E-state index contributed by atoms with van der Waals surface area (Å²) in [5, 5.41) is 12.9.